The Morgan fingerprint density at radius 1 is 1.36 bits per heavy atom. The van der Waals surface area contributed by atoms with Crippen LogP contribution in [-0.4, -0.2) is 46.8 Å². The molecule has 0 aliphatic carbocycles. The first-order chi connectivity index (χ1) is 12.2. The van der Waals surface area contributed by atoms with Crippen LogP contribution in [0.1, 0.15) is 32.6 Å². The summed E-state index contributed by atoms with van der Waals surface area (Å²) in [4.78, 5) is 19.5. The first-order valence-electron chi connectivity index (χ1n) is 9.33. The molecule has 136 valence electrons. The molecule has 0 saturated carbocycles. The van der Waals surface area contributed by atoms with Gasteiger partial charge in [-0.15, -0.1) is 0 Å². The molecular weight excluding hydrogens is 316 g/mol. The van der Waals surface area contributed by atoms with Crippen molar-refractivity contribution in [2.24, 2.45) is 5.92 Å². The van der Waals surface area contributed by atoms with Crippen LogP contribution in [0.15, 0.2) is 24.3 Å². The fraction of sp³-hybridized carbons (Fsp3) is 0.579. The fourth-order valence-electron chi connectivity index (χ4n) is 3.58. The molecule has 0 spiro atoms. The van der Waals surface area contributed by atoms with Gasteiger partial charge in [-0.25, -0.2) is 4.98 Å². The monoisotopic (exact) mass is 344 g/mol. The molecule has 1 fully saturated rings. The summed E-state index contributed by atoms with van der Waals surface area (Å²) in [6, 6.07) is 8.20. The lowest BCUT2D eigenvalue weighted by molar-refractivity contribution is -0.125. The van der Waals surface area contributed by atoms with Gasteiger partial charge in [-0.2, -0.15) is 0 Å². The van der Waals surface area contributed by atoms with Crippen LogP contribution in [0.2, 0.25) is 0 Å². The average molecular weight is 344 g/mol. The number of rotatable bonds is 7. The number of nitrogens with one attached hydrogen (secondary N) is 1. The van der Waals surface area contributed by atoms with Crippen molar-refractivity contribution in [2.45, 2.75) is 39.2 Å². The molecule has 1 aromatic carbocycles. The van der Waals surface area contributed by atoms with Crippen molar-refractivity contribution < 1.29 is 9.90 Å². The minimum absolute atomic E-state index is 0.00740. The first kappa shape index (κ1) is 17.7. The predicted octanol–water partition coefficient (Wildman–Crippen LogP) is 2.16. The maximum atomic E-state index is 12.4. The van der Waals surface area contributed by atoms with Crippen molar-refractivity contribution in [3.63, 3.8) is 0 Å². The zero-order chi connectivity index (χ0) is 17.6. The van der Waals surface area contributed by atoms with Crippen LogP contribution >= 0.6 is 0 Å². The molecule has 25 heavy (non-hydrogen) atoms. The summed E-state index contributed by atoms with van der Waals surface area (Å²) >= 11 is 0. The topological polar surface area (TPSA) is 70.4 Å². The lowest BCUT2D eigenvalue weighted by atomic mass is 9.97. The normalized spacial score (nSPS) is 17.8. The Balaban J connectivity index is 1.70. The van der Waals surface area contributed by atoms with Crippen molar-refractivity contribution in [1.82, 2.24) is 14.9 Å². The summed E-state index contributed by atoms with van der Waals surface area (Å²) in [5.41, 5.74) is 2.16. The molecular formula is C19H28N4O2. The quantitative estimate of drug-likeness (QED) is 0.755. The van der Waals surface area contributed by atoms with Gasteiger partial charge in [0.2, 0.25) is 11.9 Å². The Morgan fingerprint density at radius 3 is 3.00 bits per heavy atom. The Kier molecular flexibility index (Phi) is 5.91. The number of anilines is 1. The van der Waals surface area contributed by atoms with E-state index in [2.05, 4.69) is 27.8 Å². The summed E-state index contributed by atoms with van der Waals surface area (Å²) in [5, 5.41) is 11.8. The SMILES string of the molecule is CCn1c(N2CCCC(C(=O)NCCCCO)C2)nc2ccccc21. The van der Waals surface area contributed by atoms with Crippen molar-refractivity contribution in [3.8, 4) is 0 Å². The number of aryl methyl sites for hydroxylation is 1. The van der Waals surface area contributed by atoms with E-state index in [-0.39, 0.29) is 18.4 Å². The molecule has 1 atom stereocenters. The highest BCUT2D eigenvalue weighted by molar-refractivity contribution is 5.81. The molecule has 1 aromatic heterocycles. The van der Waals surface area contributed by atoms with Gasteiger partial charge < -0.3 is 19.9 Å². The van der Waals surface area contributed by atoms with Gasteiger partial charge in [0.15, 0.2) is 0 Å². The number of unbranched alkanes of at least 4 members (excludes halogenated alkanes) is 1. The number of piperidine rings is 1. The van der Waals surface area contributed by atoms with E-state index in [9.17, 15) is 4.79 Å². The maximum absolute atomic E-state index is 12.4. The van der Waals surface area contributed by atoms with Crippen LogP contribution in [0, 0.1) is 5.92 Å². The van der Waals surface area contributed by atoms with Gasteiger partial charge in [0.1, 0.15) is 0 Å². The second-order valence-electron chi connectivity index (χ2n) is 6.65. The molecule has 0 bridgehead atoms. The van der Waals surface area contributed by atoms with Crippen molar-refractivity contribution in [1.29, 1.82) is 0 Å². The van der Waals surface area contributed by atoms with Gasteiger partial charge in [-0.1, -0.05) is 12.1 Å². The highest BCUT2D eigenvalue weighted by Gasteiger charge is 2.28. The largest absolute Gasteiger partial charge is 0.396 e. The molecule has 3 rings (SSSR count). The lowest BCUT2D eigenvalue weighted by Gasteiger charge is -2.33. The summed E-state index contributed by atoms with van der Waals surface area (Å²) < 4.78 is 2.23. The highest BCUT2D eigenvalue weighted by Crippen LogP contribution is 2.27. The number of hydrogen-bond donors (Lipinski definition) is 2. The number of hydrogen-bond acceptors (Lipinski definition) is 4. The van der Waals surface area contributed by atoms with Gasteiger partial charge >= 0.3 is 0 Å². The third kappa shape index (κ3) is 3.95. The van der Waals surface area contributed by atoms with Crippen LogP contribution < -0.4 is 10.2 Å². The van der Waals surface area contributed by atoms with E-state index < -0.39 is 0 Å². The number of aliphatic hydroxyl groups is 1. The Labute approximate surface area is 148 Å². The van der Waals surface area contributed by atoms with E-state index in [1.54, 1.807) is 0 Å². The average Bonchev–Trinajstić information content (AvgIpc) is 3.04. The van der Waals surface area contributed by atoms with Crippen LogP contribution in [0.25, 0.3) is 11.0 Å². The number of fused-ring (bicyclic) bond motifs is 1. The van der Waals surface area contributed by atoms with E-state index in [1.165, 1.54) is 0 Å². The molecule has 1 saturated heterocycles. The Hall–Kier alpha value is -2.08. The van der Waals surface area contributed by atoms with E-state index in [0.717, 1.165) is 62.3 Å². The van der Waals surface area contributed by atoms with Gasteiger partial charge in [0.05, 0.1) is 17.0 Å². The Morgan fingerprint density at radius 2 is 2.20 bits per heavy atom. The smallest absolute Gasteiger partial charge is 0.224 e. The van der Waals surface area contributed by atoms with E-state index in [0.29, 0.717) is 6.54 Å². The third-order valence-electron chi connectivity index (χ3n) is 4.91. The number of amides is 1. The highest BCUT2D eigenvalue weighted by atomic mass is 16.3. The second kappa shape index (κ2) is 8.34. The number of aromatic nitrogens is 2. The number of para-hydroxylation sites is 2. The number of aliphatic hydroxyl groups excluding tert-OH is 1. The lowest BCUT2D eigenvalue weighted by Crippen LogP contribution is -2.44. The summed E-state index contributed by atoms with van der Waals surface area (Å²) in [6.45, 7) is 5.48. The molecule has 2 aromatic rings. The maximum Gasteiger partial charge on any atom is 0.224 e. The fourth-order valence-corrected chi connectivity index (χ4v) is 3.58. The summed E-state index contributed by atoms with van der Waals surface area (Å²) in [7, 11) is 0. The van der Waals surface area contributed by atoms with Gasteiger partial charge in [-0.3, -0.25) is 4.79 Å². The van der Waals surface area contributed by atoms with Crippen molar-refractivity contribution in [3.05, 3.63) is 24.3 Å². The molecule has 0 radical (unpaired) electrons. The number of imidazole rings is 1. The molecule has 1 aliphatic heterocycles. The minimum Gasteiger partial charge on any atom is -0.396 e. The van der Waals surface area contributed by atoms with Crippen LogP contribution in [0.5, 0.6) is 0 Å². The summed E-state index contributed by atoms with van der Waals surface area (Å²) in [5.74, 6) is 1.11. The molecule has 2 heterocycles. The molecule has 1 aliphatic rings. The zero-order valence-electron chi connectivity index (χ0n) is 14.9. The van der Waals surface area contributed by atoms with Crippen LogP contribution in [-0.2, 0) is 11.3 Å². The van der Waals surface area contributed by atoms with E-state index in [4.69, 9.17) is 10.1 Å². The van der Waals surface area contributed by atoms with Crippen molar-refractivity contribution >= 4 is 22.9 Å². The number of carbonyl (C=O) groups excluding carboxylic acids is 1. The first-order valence-corrected chi connectivity index (χ1v) is 9.33. The predicted molar refractivity (Wildman–Crippen MR) is 99.7 cm³/mol. The summed E-state index contributed by atoms with van der Waals surface area (Å²) in [6.07, 6.45) is 3.48. The minimum atomic E-state index is 0.00740. The molecule has 6 nitrogen and oxygen atoms in total. The zero-order valence-corrected chi connectivity index (χ0v) is 14.9. The second-order valence-corrected chi connectivity index (χ2v) is 6.65. The molecule has 1 unspecified atom stereocenters. The molecule has 2 N–H and O–H groups in total. The van der Waals surface area contributed by atoms with Gasteiger partial charge in [-0.05, 0) is 44.7 Å². The van der Waals surface area contributed by atoms with Gasteiger partial charge in [0, 0.05) is 32.8 Å². The molecule has 6 heteroatoms. The van der Waals surface area contributed by atoms with E-state index >= 15 is 0 Å². The Bertz CT molecular complexity index is 713. The van der Waals surface area contributed by atoms with E-state index in [1.807, 2.05) is 18.2 Å². The van der Waals surface area contributed by atoms with Crippen LogP contribution in [0.4, 0.5) is 5.95 Å². The molecule has 1 amide bonds. The number of benzene rings is 1. The number of carbonyl (C=O) groups is 1. The van der Waals surface area contributed by atoms with Gasteiger partial charge in [0.25, 0.3) is 0 Å². The third-order valence-corrected chi connectivity index (χ3v) is 4.91. The standard InChI is InChI=1S/C19H28N4O2/c1-2-23-17-10-4-3-9-16(17)21-19(23)22-12-7-8-15(14-22)18(25)20-11-5-6-13-24/h3-4,9-10,15,24H,2,5-8,11-14H2,1H3,(H,20,25). The van der Waals surface area contributed by atoms with Crippen LogP contribution in [0.3, 0.4) is 0 Å². The number of nitrogens with zero attached hydrogens (tertiary/aromatic N) is 3. The van der Waals surface area contributed by atoms with Crippen molar-refractivity contribution in [2.75, 3.05) is 31.1 Å².